The number of carbonyl (C=O) groups excluding carboxylic acids is 2. The van der Waals surface area contributed by atoms with Crippen LogP contribution in [0.5, 0.6) is 5.75 Å². The van der Waals surface area contributed by atoms with Crippen molar-refractivity contribution in [1.82, 2.24) is 4.90 Å². The second-order valence-corrected chi connectivity index (χ2v) is 5.10. The Morgan fingerprint density at radius 1 is 1.20 bits per heavy atom. The number of rotatable bonds is 11. The summed E-state index contributed by atoms with van der Waals surface area (Å²) < 4.78 is 14.9. The molecule has 0 aliphatic carbocycles. The van der Waals surface area contributed by atoms with Crippen LogP contribution >= 0.6 is 0 Å². The summed E-state index contributed by atoms with van der Waals surface area (Å²) in [5.74, 6) is 0.0831. The molecule has 0 aromatic heterocycles. The molecule has 1 N–H and O–H groups in total. The molecule has 7 heteroatoms. The molecule has 0 radical (unpaired) electrons. The van der Waals surface area contributed by atoms with Crippen molar-refractivity contribution in [2.24, 2.45) is 0 Å². The number of methoxy groups -OCH3 is 2. The molecular weight excluding hydrogens is 326 g/mol. The first-order valence-corrected chi connectivity index (χ1v) is 7.97. The Bertz CT molecular complexity index is 572. The van der Waals surface area contributed by atoms with Gasteiger partial charge in [0, 0.05) is 19.2 Å². The molecule has 1 aromatic carbocycles. The van der Waals surface area contributed by atoms with Crippen molar-refractivity contribution < 1.29 is 28.9 Å². The second-order valence-electron chi connectivity index (χ2n) is 5.10. The summed E-state index contributed by atoms with van der Waals surface area (Å²) in [5.41, 5.74) is 0.831. The van der Waals surface area contributed by atoms with E-state index >= 15 is 0 Å². The normalized spacial score (nSPS) is 10.7. The fraction of sp³-hybridized carbons (Fsp3) is 0.444. The van der Waals surface area contributed by atoms with Gasteiger partial charge in [-0.1, -0.05) is 12.1 Å². The molecular formula is C18H25NO6. The third kappa shape index (κ3) is 8.32. The van der Waals surface area contributed by atoms with Crippen molar-refractivity contribution in [3.05, 3.63) is 35.9 Å². The van der Waals surface area contributed by atoms with E-state index in [1.54, 1.807) is 13.2 Å². The van der Waals surface area contributed by atoms with Crippen LogP contribution in [0.1, 0.15) is 12.0 Å². The zero-order valence-corrected chi connectivity index (χ0v) is 14.6. The van der Waals surface area contributed by atoms with Gasteiger partial charge in [-0.05, 0) is 23.8 Å². The number of benzene rings is 1. The van der Waals surface area contributed by atoms with Gasteiger partial charge >= 0.3 is 5.97 Å². The smallest absolute Gasteiger partial charge is 0.307 e. The summed E-state index contributed by atoms with van der Waals surface area (Å²) in [4.78, 5) is 25.2. The average molecular weight is 351 g/mol. The molecule has 0 unspecified atom stereocenters. The predicted octanol–water partition coefficient (Wildman–Crippen LogP) is 1.11. The highest BCUT2D eigenvalue weighted by Crippen LogP contribution is 2.13. The molecule has 0 aliphatic rings. The number of nitrogens with zero attached hydrogens (tertiary/aromatic N) is 1. The van der Waals surface area contributed by atoms with E-state index in [9.17, 15) is 9.59 Å². The largest absolute Gasteiger partial charge is 0.497 e. The number of hydrogen-bond donors (Lipinski definition) is 1. The number of aliphatic hydroxyl groups excluding tert-OH is 1. The minimum absolute atomic E-state index is 0.0775. The molecule has 1 amide bonds. The first-order valence-electron chi connectivity index (χ1n) is 7.97. The van der Waals surface area contributed by atoms with Gasteiger partial charge in [0.2, 0.25) is 5.91 Å². The second kappa shape index (κ2) is 12.0. The van der Waals surface area contributed by atoms with Gasteiger partial charge in [-0.2, -0.15) is 0 Å². The van der Waals surface area contributed by atoms with Crippen LogP contribution in [0.4, 0.5) is 0 Å². The molecule has 0 bridgehead atoms. The Hall–Kier alpha value is -2.38. The minimum atomic E-state index is -0.383. The zero-order valence-electron chi connectivity index (χ0n) is 14.6. The number of esters is 1. The maximum Gasteiger partial charge on any atom is 0.307 e. The number of ether oxygens (including phenoxy) is 3. The van der Waals surface area contributed by atoms with Crippen molar-refractivity contribution >= 4 is 18.0 Å². The third-order valence-corrected chi connectivity index (χ3v) is 3.38. The molecule has 0 heterocycles. The molecule has 138 valence electrons. The van der Waals surface area contributed by atoms with E-state index in [1.807, 2.05) is 24.3 Å². The molecule has 25 heavy (non-hydrogen) atoms. The number of hydrogen-bond acceptors (Lipinski definition) is 6. The number of amides is 1. The van der Waals surface area contributed by atoms with Gasteiger partial charge in [0.25, 0.3) is 0 Å². The molecule has 0 aliphatic heterocycles. The zero-order chi connectivity index (χ0) is 18.5. The lowest BCUT2D eigenvalue weighted by molar-refractivity contribution is -0.141. The van der Waals surface area contributed by atoms with Gasteiger partial charge < -0.3 is 24.2 Å². The van der Waals surface area contributed by atoms with Crippen LogP contribution in [0.25, 0.3) is 6.08 Å². The number of carbonyl (C=O) groups is 2. The van der Waals surface area contributed by atoms with Crippen molar-refractivity contribution in [2.45, 2.75) is 6.42 Å². The quantitative estimate of drug-likeness (QED) is 0.365. The van der Waals surface area contributed by atoms with Gasteiger partial charge in [0.1, 0.15) is 5.75 Å². The summed E-state index contributed by atoms with van der Waals surface area (Å²) in [6, 6.07) is 7.32. The Kier molecular flexibility index (Phi) is 9.96. The van der Waals surface area contributed by atoms with E-state index in [1.165, 1.54) is 18.1 Å². The molecule has 0 saturated heterocycles. The van der Waals surface area contributed by atoms with E-state index in [0.29, 0.717) is 12.3 Å². The molecule has 7 nitrogen and oxygen atoms in total. The lowest BCUT2D eigenvalue weighted by atomic mass is 10.2. The maximum atomic E-state index is 12.4. The Balaban J connectivity index is 2.67. The van der Waals surface area contributed by atoms with E-state index in [-0.39, 0.29) is 44.7 Å². The van der Waals surface area contributed by atoms with Crippen LogP contribution < -0.4 is 4.74 Å². The molecule has 0 atom stereocenters. The monoisotopic (exact) mass is 351 g/mol. The summed E-state index contributed by atoms with van der Waals surface area (Å²) in [7, 11) is 2.89. The molecule has 0 fully saturated rings. The molecule has 1 rings (SSSR count). The minimum Gasteiger partial charge on any atom is -0.497 e. The fourth-order valence-electron chi connectivity index (χ4n) is 2.02. The van der Waals surface area contributed by atoms with Gasteiger partial charge in [-0.25, -0.2) is 0 Å². The van der Waals surface area contributed by atoms with Crippen LogP contribution in [-0.2, 0) is 19.1 Å². The van der Waals surface area contributed by atoms with Crippen LogP contribution in [-0.4, -0.2) is 69.0 Å². The Morgan fingerprint density at radius 3 is 2.68 bits per heavy atom. The van der Waals surface area contributed by atoms with Crippen LogP contribution in [0.2, 0.25) is 0 Å². The van der Waals surface area contributed by atoms with Gasteiger partial charge in [-0.3, -0.25) is 9.59 Å². The van der Waals surface area contributed by atoms with E-state index < -0.39 is 0 Å². The highest BCUT2D eigenvalue weighted by Gasteiger charge is 2.13. The SMILES string of the molecule is COC(=O)CCN(CCOCCO)C(=O)/C=C/c1cccc(OC)c1. The van der Waals surface area contributed by atoms with Crippen molar-refractivity contribution in [1.29, 1.82) is 0 Å². The lowest BCUT2D eigenvalue weighted by Crippen LogP contribution is -2.35. The topological polar surface area (TPSA) is 85.3 Å². The van der Waals surface area contributed by atoms with E-state index in [0.717, 1.165) is 5.56 Å². The summed E-state index contributed by atoms with van der Waals surface area (Å²) in [6.07, 6.45) is 3.23. The maximum absolute atomic E-state index is 12.4. The van der Waals surface area contributed by atoms with Crippen LogP contribution in [0, 0.1) is 0 Å². The summed E-state index contributed by atoms with van der Waals surface area (Å²) in [5, 5.41) is 8.71. The highest BCUT2D eigenvalue weighted by atomic mass is 16.5. The molecule has 0 spiro atoms. The van der Waals surface area contributed by atoms with E-state index in [4.69, 9.17) is 14.6 Å². The third-order valence-electron chi connectivity index (χ3n) is 3.38. The molecule has 1 aromatic rings. The number of aliphatic hydroxyl groups is 1. The highest BCUT2D eigenvalue weighted by molar-refractivity contribution is 5.92. The van der Waals surface area contributed by atoms with Gasteiger partial charge in [0.05, 0.1) is 40.5 Å². The first-order chi connectivity index (χ1) is 12.1. The Labute approximate surface area is 147 Å². The average Bonchev–Trinajstić information content (AvgIpc) is 2.65. The lowest BCUT2D eigenvalue weighted by Gasteiger charge is -2.20. The van der Waals surface area contributed by atoms with E-state index in [2.05, 4.69) is 4.74 Å². The van der Waals surface area contributed by atoms with Crippen molar-refractivity contribution in [3.63, 3.8) is 0 Å². The van der Waals surface area contributed by atoms with Crippen molar-refractivity contribution in [3.8, 4) is 5.75 Å². The standard InChI is InChI=1S/C18H25NO6/c1-23-16-5-3-4-15(14-16)6-7-17(21)19(9-8-18(22)24-2)10-12-25-13-11-20/h3-7,14,20H,8-13H2,1-2H3/b7-6+. The van der Waals surface area contributed by atoms with Gasteiger partial charge in [-0.15, -0.1) is 0 Å². The molecule has 0 saturated carbocycles. The summed E-state index contributed by atoms with van der Waals surface area (Å²) >= 11 is 0. The summed E-state index contributed by atoms with van der Waals surface area (Å²) in [6.45, 7) is 0.958. The van der Waals surface area contributed by atoms with Gasteiger partial charge in [0.15, 0.2) is 0 Å². The fourth-order valence-corrected chi connectivity index (χ4v) is 2.02. The predicted molar refractivity (Wildman–Crippen MR) is 93.1 cm³/mol. The van der Waals surface area contributed by atoms with Crippen molar-refractivity contribution in [2.75, 3.05) is 47.1 Å². The van der Waals surface area contributed by atoms with Crippen LogP contribution in [0.3, 0.4) is 0 Å². The first kappa shape index (κ1) is 20.7. The van der Waals surface area contributed by atoms with Crippen LogP contribution in [0.15, 0.2) is 30.3 Å². The Morgan fingerprint density at radius 2 is 2.00 bits per heavy atom.